The van der Waals surface area contributed by atoms with Crippen LogP contribution in [0.4, 0.5) is 13.2 Å². The molecule has 0 aliphatic rings. The first-order valence-corrected chi connectivity index (χ1v) is 4.37. The largest absolute Gasteiger partial charge is 0.417 e. The van der Waals surface area contributed by atoms with Crippen LogP contribution in [0.3, 0.4) is 0 Å². The van der Waals surface area contributed by atoms with Crippen molar-refractivity contribution in [3.8, 4) is 0 Å². The van der Waals surface area contributed by atoms with Gasteiger partial charge in [0, 0.05) is 6.20 Å². The fourth-order valence-corrected chi connectivity index (χ4v) is 1.33. The number of hydrogen-bond acceptors (Lipinski definition) is 3. The molecule has 0 amide bonds. The zero-order chi connectivity index (χ0) is 11.6. The molecule has 1 heterocycles. The molecule has 0 saturated carbocycles. The Bertz CT molecular complexity index is 383. The third-order valence-electron chi connectivity index (χ3n) is 1.52. The third-order valence-corrected chi connectivity index (χ3v) is 2.10. The summed E-state index contributed by atoms with van der Waals surface area (Å²) in [4.78, 5) is 13.4. The predicted molar refractivity (Wildman–Crippen MR) is 48.6 cm³/mol. The molecule has 0 saturated heterocycles. The van der Waals surface area contributed by atoms with Crippen molar-refractivity contribution >= 4 is 23.2 Å². The van der Waals surface area contributed by atoms with E-state index in [9.17, 15) is 18.1 Å². The molecule has 0 fully saturated rings. The van der Waals surface area contributed by atoms with Crippen molar-refractivity contribution in [3.05, 3.63) is 33.5 Å². The van der Waals surface area contributed by atoms with Gasteiger partial charge in [-0.2, -0.15) is 13.2 Å². The molecule has 0 spiro atoms. The lowest BCUT2D eigenvalue weighted by Crippen LogP contribution is -2.06. The Morgan fingerprint density at radius 1 is 1.47 bits per heavy atom. The van der Waals surface area contributed by atoms with Crippen LogP contribution >= 0.6 is 23.2 Å². The molecule has 0 bridgehead atoms. The fourth-order valence-electron chi connectivity index (χ4n) is 0.829. The Morgan fingerprint density at radius 3 is 2.47 bits per heavy atom. The second-order valence-electron chi connectivity index (χ2n) is 2.53. The number of pyridine rings is 1. The first kappa shape index (κ1) is 12.2. The normalized spacial score (nSPS) is 13.7. The van der Waals surface area contributed by atoms with E-state index in [0.717, 1.165) is 0 Å². The van der Waals surface area contributed by atoms with Crippen LogP contribution in [0.25, 0.3) is 0 Å². The summed E-state index contributed by atoms with van der Waals surface area (Å²) < 4.78 is 36.5. The highest BCUT2D eigenvalue weighted by atomic mass is 35.5. The van der Waals surface area contributed by atoms with E-state index >= 15 is 0 Å². The minimum absolute atomic E-state index is 0.193. The summed E-state index contributed by atoms with van der Waals surface area (Å²) in [6.07, 6.45) is -3.99. The molecular formula is C7H3Cl2F3N2O. The summed E-state index contributed by atoms with van der Waals surface area (Å²) in [5.74, 6) is 0. The molecule has 0 aliphatic carbocycles. The summed E-state index contributed by atoms with van der Waals surface area (Å²) in [6, 6.07) is 0.643. The number of nitroso groups, excluding NO2 is 1. The van der Waals surface area contributed by atoms with Crippen LogP contribution in [0, 0.1) is 4.91 Å². The van der Waals surface area contributed by atoms with Gasteiger partial charge in [0.15, 0.2) is 0 Å². The Kier molecular flexibility index (Phi) is 3.51. The van der Waals surface area contributed by atoms with Gasteiger partial charge in [0.2, 0.25) is 5.50 Å². The lowest BCUT2D eigenvalue weighted by atomic mass is 10.2. The van der Waals surface area contributed by atoms with Crippen molar-refractivity contribution in [2.45, 2.75) is 11.7 Å². The lowest BCUT2D eigenvalue weighted by Gasteiger charge is -2.08. The van der Waals surface area contributed by atoms with Gasteiger partial charge in [-0.3, -0.25) is 4.98 Å². The van der Waals surface area contributed by atoms with Crippen molar-refractivity contribution in [1.82, 2.24) is 4.98 Å². The number of rotatable bonds is 2. The molecule has 15 heavy (non-hydrogen) atoms. The Morgan fingerprint density at radius 2 is 2.07 bits per heavy atom. The Labute approximate surface area is 92.2 Å². The van der Waals surface area contributed by atoms with Gasteiger partial charge in [-0.15, -0.1) is 4.91 Å². The minimum Gasteiger partial charge on any atom is -0.255 e. The highest BCUT2D eigenvalue weighted by Gasteiger charge is 2.32. The Hall–Kier alpha value is -0.880. The molecule has 0 radical (unpaired) electrons. The number of nitrogens with zero attached hydrogens (tertiary/aromatic N) is 2. The van der Waals surface area contributed by atoms with Gasteiger partial charge in [0.05, 0.1) is 10.6 Å². The first-order chi connectivity index (χ1) is 6.86. The van der Waals surface area contributed by atoms with Crippen LogP contribution in [-0.2, 0) is 6.18 Å². The van der Waals surface area contributed by atoms with E-state index < -0.39 is 17.2 Å². The van der Waals surface area contributed by atoms with E-state index in [1.807, 2.05) is 0 Å². The maximum atomic E-state index is 12.2. The summed E-state index contributed by atoms with van der Waals surface area (Å²) in [5, 5.41) is 2.06. The molecule has 1 atom stereocenters. The van der Waals surface area contributed by atoms with Gasteiger partial charge < -0.3 is 0 Å². The molecule has 8 heteroatoms. The van der Waals surface area contributed by atoms with Crippen LogP contribution < -0.4 is 0 Å². The number of halogens is 5. The zero-order valence-electron chi connectivity index (χ0n) is 6.92. The molecule has 1 aromatic rings. The van der Waals surface area contributed by atoms with Gasteiger partial charge in [-0.25, -0.2) is 0 Å². The monoisotopic (exact) mass is 258 g/mol. The van der Waals surface area contributed by atoms with Crippen LogP contribution in [-0.4, -0.2) is 4.98 Å². The molecular weight excluding hydrogens is 256 g/mol. The van der Waals surface area contributed by atoms with Crippen molar-refractivity contribution < 1.29 is 13.2 Å². The van der Waals surface area contributed by atoms with E-state index in [-0.39, 0.29) is 10.7 Å². The lowest BCUT2D eigenvalue weighted by molar-refractivity contribution is -0.137. The molecule has 0 N–H and O–H groups in total. The molecule has 0 aromatic carbocycles. The quantitative estimate of drug-likeness (QED) is 0.461. The van der Waals surface area contributed by atoms with Gasteiger partial charge >= 0.3 is 6.18 Å². The summed E-state index contributed by atoms with van der Waals surface area (Å²) >= 11 is 10.8. The van der Waals surface area contributed by atoms with Gasteiger partial charge in [0.25, 0.3) is 0 Å². The van der Waals surface area contributed by atoms with E-state index in [0.29, 0.717) is 12.3 Å². The number of hydrogen-bond donors (Lipinski definition) is 0. The van der Waals surface area contributed by atoms with Crippen molar-refractivity contribution in [2.24, 2.45) is 5.18 Å². The second-order valence-corrected chi connectivity index (χ2v) is 3.35. The van der Waals surface area contributed by atoms with Crippen molar-refractivity contribution in [2.75, 3.05) is 0 Å². The smallest absolute Gasteiger partial charge is 0.255 e. The summed E-state index contributed by atoms with van der Waals surface area (Å²) in [5.41, 5.74) is -2.59. The van der Waals surface area contributed by atoms with Crippen LogP contribution in [0.1, 0.15) is 16.8 Å². The SMILES string of the molecule is O=NC(Cl)c1ncc(C(F)(F)F)cc1Cl. The molecule has 3 nitrogen and oxygen atoms in total. The van der Waals surface area contributed by atoms with Crippen LogP contribution in [0.5, 0.6) is 0 Å². The van der Waals surface area contributed by atoms with Gasteiger partial charge in [0.1, 0.15) is 5.69 Å². The van der Waals surface area contributed by atoms with Crippen LogP contribution in [0.2, 0.25) is 5.02 Å². The highest BCUT2D eigenvalue weighted by Crippen LogP contribution is 2.33. The standard InChI is InChI=1S/C7H3Cl2F3N2O/c8-4-1-3(7(10,11)12)2-13-5(4)6(9)14-15/h1-2,6H. The van der Waals surface area contributed by atoms with Crippen LogP contribution in [0.15, 0.2) is 17.4 Å². The predicted octanol–water partition coefficient (Wildman–Crippen LogP) is 3.76. The average molecular weight is 259 g/mol. The average Bonchev–Trinajstić information content (AvgIpc) is 2.15. The maximum Gasteiger partial charge on any atom is 0.417 e. The topological polar surface area (TPSA) is 42.3 Å². The molecule has 1 unspecified atom stereocenters. The molecule has 1 aromatic heterocycles. The van der Waals surface area contributed by atoms with Gasteiger partial charge in [-0.1, -0.05) is 23.2 Å². The zero-order valence-corrected chi connectivity index (χ0v) is 8.44. The highest BCUT2D eigenvalue weighted by molar-refractivity contribution is 6.32. The minimum atomic E-state index is -4.54. The Balaban J connectivity index is 3.14. The maximum absolute atomic E-state index is 12.2. The first-order valence-electron chi connectivity index (χ1n) is 3.55. The number of alkyl halides is 4. The van der Waals surface area contributed by atoms with Crippen molar-refractivity contribution in [3.63, 3.8) is 0 Å². The van der Waals surface area contributed by atoms with E-state index in [2.05, 4.69) is 10.2 Å². The number of aromatic nitrogens is 1. The molecule has 82 valence electrons. The van der Waals surface area contributed by atoms with Crippen molar-refractivity contribution in [1.29, 1.82) is 0 Å². The van der Waals surface area contributed by atoms with E-state index in [4.69, 9.17) is 23.2 Å². The second kappa shape index (κ2) is 4.32. The third kappa shape index (κ3) is 2.79. The summed E-state index contributed by atoms with van der Waals surface area (Å²) in [7, 11) is 0. The molecule has 1 rings (SSSR count). The van der Waals surface area contributed by atoms with E-state index in [1.165, 1.54) is 0 Å². The van der Waals surface area contributed by atoms with Gasteiger partial charge in [-0.05, 0) is 11.2 Å². The summed E-state index contributed by atoms with van der Waals surface area (Å²) in [6.45, 7) is 0. The fraction of sp³-hybridized carbons (Fsp3) is 0.286. The molecule has 0 aliphatic heterocycles. The van der Waals surface area contributed by atoms with E-state index in [1.54, 1.807) is 0 Å².